The van der Waals surface area contributed by atoms with Crippen LogP contribution in [0.4, 0.5) is 18.9 Å². The molecule has 1 N–H and O–H groups in total. The highest BCUT2D eigenvalue weighted by Crippen LogP contribution is 2.39. The fourth-order valence-corrected chi connectivity index (χ4v) is 4.06. The van der Waals surface area contributed by atoms with Gasteiger partial charge in [-0.05, 0) is 36.8 Å². The summed E-state index contributed by atoms with van der Waals surface area (Å²) in [5.74, 6) is 0. The molecule has 28 heavy (non-hydrogen) atoms. The molecule has 9 heteroatoms. The summed E-state index contributed by atoms with van der Waals surface area (Å²) in [5.41, 5.74) is 1.24. The Labute approximate surface area is 161 Å². The largest absolute Gasteiger partial charge is 0.431 e. The molecular weight excluding hydrogens is 391 g/mol. The molecule has 2 aromatic rings. The maximum atomic E-state index is 13.3. The van der Waals surface area contributed by atoms with Crippen molar-refractivity contribution in [1.82, 2.24) is 4.72 Å². The van der Waals surface area contributed by atoms with Gasteiger partial charge in [-0.15, -0.1) is 0 Å². The van der Waals surface area contributed by atoms with E-state index in [2.05, 4.69) is 9.82 Å². The molecule has 0 amide bonds. The molecule has 1 unspecified atom stereocenters. The highest BCUT2D eigenvalue weighted by Gasteiger charge is 2.43. The lowest BCUT2D eigenvalue weighted by Crippen LogP contribution is -2.23. The van der Waals surface area contributed by atoms with Crippen molar-refractivity contribution in [1.29, 1.82) is 0 Å². The number of halogens is 3. The molecule has 0 aromatic heterocycles. The molecule has 0 radical (unpaired) electrons. The minimum atomic E-state index is -4.52. The van der Waals surface area contributed by atoms with E-state index in [0.717, 1.165) is 5.56 Å². The number of hydrogen-bond acceptors (Lipinski definition) is 4. The zero-order chi connectivity index (χ0) is 20.5. The second-order valence-corrected chi connectivity index (χ2v) is 8.28. The Morgan fingerprint density at radius 3 is 2.25 bits per heavy atom. The summed E-state index contributed by atoms with van der Waals surface area (Å²) in [6, 6.07) is 12.3. The topological polar surface area (TPSA) is 61.8 Å². The number of anilines is 1. The van der Waals surface area contributed by atoms with Gasteiger partial charge in [0.2, 0.25) is 10.0 Å². The van der Waals surface area contributed by atoms with Crippen molar-refractivity contribution in [3.63, 3.8) is 0 Å². The fraction of sp³-hybridized carbons (Fsp3) is 0.316. The SMILES string of the molecule is CCNS(=O)(=O)c1ccc(N2N=C(C(F)(F)F)CC2c2ccc(C)cc2)cc1. The summed E-state index contributed by atoms with van der Waals surface area (Å²) in [6.45, 7) is 3.80. The Bertz CT molecular complexity index is 969. The predicted octanol–water partition coefficient (Wildman–Crippen LogP) is 4.16. The summed E-state index contributed by atoms with van der Waals surface area (Å²) in [7, 11) is -3.64. The Balaban J connectivity index is 1.97. The Kier molecular flexibility index (Phi) is 5.49. The molecule has 5 nitrogen and oxygen atoms in total. The van der Waals surface area contributed by atoms with Crippen molar-refractivity contribution in [3.8, 4) is 0 Å². The molecule has 0 saturated carbocycles. The zero-order valence-corrected chi connectivity index (χ0v) is 16.2. The highest BCUT2D eigenvalue weighted by atomic mass is 32.2. The highest BCUT2D eigenvalue weighted by molar-refractivity contribution is 7.89. The summed E-state index contributed by atoms with van der Waals surface area (Å²) >= 11 is 0. The van der Waals surface area contributed by atoms with Gasteiger partial charge in [0.15, 0.2) is 0 Å². The average Bonchev–Trinajstić information content (AvgIpc) is 3.08. The molecule has 0 saturated heterocycles. The molecular formula is C19H20F3N3O2S. The second-order valence-electron chi connectivity index (χ2n) is 6.51. The number of benzene rings is 2. The van der Waals surface area contributed by atoms with Gasteiger partial charge in [-0.25, -0.2) is 13.1 Å². The number of nitrogens with zero attached hydrogens (tertiary/aromatic N) is 2. The van der Waals surface area contributed by atoms with Crippen LogP contribution in [0.1, 0.15) is 30.5 Å². The molecule has 0 fully saturated rings. The number of hydrazone groups is 1. The van der Waals surface area contributed by atoms with Crippen LogP contribution in [0.3, 0.4) is 0 Å². The Morgan fingerprint density at radius 1 is 1.11 bits per heavy atom. The lowest BCUT2D eigenvalue weighted by molar-refractivity contribution is -0.0600. The van der Waals surface area contributed by atoms with Gasteiger partial charge in [0.25, 0.3) is 0 Å². The third kappa shape index (κ3) is 4.20. The lowest BCUT2D eigenvalue weighted by Gasteiger charge is -2.24. The number of nitrogens with one attached hydrogen (secondary N) is 1. The lowest BCUT2D eigenvalue weighted by atomic mass is 10.00. The molecule has 1 aliphatic heterocycles. The van der Waals surface area contributed by atoms with Gasteiger partial charge < -0.3 is 0 Å². The van der Waals surface area contributed by atoms with Crippen molar-refractivity contribution in [3.05, 3.63) is 59.7 Å². The summed E-state index contributed by atoms with van der Waals surface area (Å²) in [4.78, 5) is 0.0456. The van der Waals surface area contributed by atoms with Crippen LogP contribution in [0.2, 0.25) is 0 Å². The summed E-state index contributed by atoms with van der Waals surface area (Å²) in [5, 5.41) is 5.10. The Hall–Kier alpha value is -2.39. The maximum Gasteiger partial charge on any atom is 0.431 e. The third-order valence-electron chi connectivity index (χ3n) is 4.45. The van der Waals surface area contributed by atoms with Crippen molar-refractivity contribution in [2.45, 2.75) is 37.4 Å². The van der Waals surface area contributed by atoms with E-state index >= 15 is 0 Å². The van der Waals surface area contributed by atoms with E-state index < -0.39 is 28.0 Å². The van der Waals surface area contributed by atoms with Gasteiger partial charge in [-0.3, -0.25) is 5.01 Å². The monoisotopic (exact) mass is 411 g/mol. The molecule has 3 rings (SSSR count). The van der Waals surface area contributed by atoms with Crippen LogP contribution >= 0.6 is 0 Å². The standard InChI is InChI=1S/C19H20F3N3O2S/c1-3-23-28(26,27)16-10-8-15(9-11-16)25-17(12-18(24-25)19(20,21)22)14-6-4-13(2)5-7-14/h4-11,17,23H,3,12H2,1-2H3. The van der Waals surface area contributed by atoms with Crippen LogP contribution in [0.25, 0.3) is 0 Å². The smallest absolute Gasteiger partial charge is 0.257 e. The Morgan fingerprint density at radius 2 is 1.71 bits per heavy atom. The van der Waals surface area contributed by atoms with E-state index in [-0.39, 0.29) is 17.9 Å². The normalized spacial score (nSPS) is 17.7. The van der Waals surface area contributed by atoms with E-state index in [9.17, 15) is 21.6 Å². The van der Waals surface area contributed by atoms with Crippen molar-refractivity contribution >= 4 is 21.4 Å². The first-order valence-electron chi connectivity index (χ1n) is 8.72. The van der Waals surface area contributed by atoms with Gasteiger partial charge in [0, 0.05) is 13.0 Å². The number of sulfonamides is 1. The van der Waals surface area contributed by atoms with E-state index in [4.69, 9.17) is 0 Å². The minimum Gasteiger partial charge on any atom is -0.257 e. The third-order valence-corrected chi connectivity index (χ3v) is 6.01. The molecule has 1 heterocycles. The first-order chi connectivity index (χ1) is 13.1. The van der Waals surface area contributed by atoms with E-state index in [1.54, 1.807) is 19.1 Å². The molecule has 150 valence electrons. The molecule has 1 aliphatic rings. The van der Waals surface area contributed by atoms with Gasteiger partial charge in [0.05, 0.1) is 16.6 Å². The first kappa shape index (κ1) is 20.3. The van der Waals surface area contributed by atoms with Gasteiger partial charge in [-0.2, -0.15) is 18.3 Å². The average molecular weight is 411 g/mol. The van der Waals surface area contributed by atoms with Crippen LogP contribution < -0.4 is 9.73 Å². The fourth-order valence-electron chi connectivity index (χ4n) is 3.02. The van der Waals surface area contributed by atoms with Crippen LogP contribution in [0.15, 0.2) is 58.5 Å². The number of alkyl halides is 3. The summed E-state index contributed by atoms with van der Waals surface area (Å²) in [6.07, 6.45) is -4.80. The van der Waals surface area contributed by atoms with Crippen molar-refractivity contribution in [2.24, 2.45) is 5.10 Å². The van der Waals surface area contributed by atoms with Crippen molar-refractivity contribution < 1.29 is 21.6 Å². The van der Waals surface area contributed by atoms with E-state index in [0.29, 0.717) is 11.3 Å². The quantitative estimate of drug-likeness (QED) is 0.804. The van der Waals surface area contributed by atoms with Crippen LogP contribution in [0.5, 0.6) is 0 Å². The molecule has 0 bridgehead atoms. The predicted molar refractivity (Wildman–Crippen MR) is 102 cm³/mol. The second kappa shape index (κ2) is 7.56. The van der Waals surface area contributed by atoms with Gasteiger partial charge in [0.1, 0.15) is 5.71 Å². The number of hydrogen-bond donors (Lipinski definition) is 1. The summed E-state index contributed by atoms with van der Waals surface area (Å²) < 4.78 is 66.3. The molecule has 0 aliphatic carbocycles. The van der Waals surface area contributed by atoms with Crippen molar-refractivity contribution in [2.75, 3.05) is 11.6 Å². The van der Waals surface area contributed by atoms with Gasteiger partial charge >= 0.3 is 6.18 Å². The first-order valence-corrected chi connectivity index (χ1v) is 10.2. The van der Waals surface area contributed by atoms with E-state index in [1.165, 1.54) is 29.3 Å². The molecule has 2 aromatic carbocycles. The minimum absolute atomic E-state index is 0.0456. The number of aryl methyl sites for hydroxylation is 1. The number of rotatable bonds is 5. The van der Waals surface area contributed by atoms with Crippen LogP contribution in [0, 0.1) is 6.92 Å². The van der Waals surface area contributed by atoms with E-state index in [1.807, 2.05) is 19.1 Å². The van der Waals surface area contributed by atoms with Crippen LogP contribution in [-0.4, -0.2) is 26.9 Å². The molecule has 0 spiro atoms. The van der Waals surface area contributed by atoms with Crippen LogP contribution in [-0.2, 0) is 10.0 Å². The zero-order valence-electron chi connectivity index (χ0n) is 15.4. The van der Waals surface area contributed by atoms with Gasteiger partial charge in [-0.1, -0.05) is 36.8 Å². The maximum absolute atomic E-state index is 13.3. The molecule has 1 atom stereocenters.